The van der Waals surface area contributed by atoms with Gasteiger partial charge in [-0.1, -0.05) is 0 Å². The zero-order valence-corrected chi connectivity index (χ0v) is 11.8. The SMILES string of the molecule is Cc1c([N+](=O)[O-])cnc(NCC(=O)N(C)C)c1Br. The number of aromatic nitrogens is 1. The lowest BCUT2D eigenvalue weighted by molar-refractivity contribution is -0.385. The predicted molar refractivity (Wildman–Crippen MR) is 70.5 cm³/mol. The average molecular weight is 317 g/mol. The van der Waals surface area contributed by atoms with Crippen LogP contribution >= 0.6 is 15.9 Å². The van der Waals surface area contributed by atoms with Gasteiger partial charge in [-0.25, -0.2) is 4.98 Å². The molecule has 0 radical (unpaired) electrons. The van der Waals surface area contributed by atoms with E-state index in [-0.39, 0.29) is 18.1 Å². The van der Waals surface area contributed by atoms with Crippen molar-refractivity contribution in [3.05, 3.63) is 26.3 Å². The highest BCUT2D eigenvalue weighted by Gasteiger charge is 2.17. The van der Waals surface area contributed by atoms with Gasteiger partial charge in [0.05, 0.1) is 15.9 Å². The Balaban J connectivity index is 2.89. The normalized spacial score (nSPS) is 10.0. The first kappa shape index (κ1) is 14.4. The van der Waals surface area contributed by atoms with Crippen molar-refractivity contribution < 1.29 is 9.72 Å². The third-order valence-corrected chi connectivity index (χ3v) is 3.31. The molecule has 0 saturated carbocycles. The maximum Gasteiger partial charge on any atom is 0.291 e. The summed E-state index contributed by atoms with van der Waals surface area (Å²) in [6, 6.07) is 0. The van der Waals surface area contributed by atoms with Gasteiger partial charge >= 0.3 is 0 Å². The molecule has 7 nitrogen and oxygen atoms in total. The van der Waals surface area contributed by atoms with E-state index >= 15 is 0 Å². The van der Waals surface area contributed by atoms with Crippen LogP contribution in [0.5, 0.6) is 0 Å². The minimum absolute atomic E-state index is 0.0636. The van der Waals surface area contributed by atoms with Gasteiger partial charge in [0.25, 0.3) is 5.69 Å². The number of anilines is 1. The molecular formula is C10H13BrN4O3. The molecule has 1 N–H and O–H groups in total. The van der Waals surface area contributed by atoms with Crippen molar-refractivity contribution in [1.82, 2.24) is 9.88 Å². The summed E-state index contributed by atoms with van der Waals surface area (Å²) < 4.78 is 0.489. The molecule has 1 aromatic rings. The molecule has 8 heteroatoms. The van der Waals surface area contributed by atoms with Crippen LogP contribution in [0.2, 0.25) is 0 Å². The van der Waals surface area contributed by atoms with Crippen LogP contribution in [-0.4, -0.2) is 41.4 Å². The molecule has 1 heterocycles. The summed E-state index contributed by atoms with van der Waals surface area (Å²) in [5.41, 5.74) is 0.404. The molecule has 0 aliphatic heterocycles. The molecule has 1 aromatic heterocycles. The van der Waals surface area contributed by atoms with Crippen molar-refractivity contribution in [2.24, 2.45) is 0 Å². The summed E-state index contributed by atoms with van der Waals surface area (Å²) in [6.45, 7) is 1.69. The summed E-state index contributed by atoms with van der Waals surface area (Å²) >= 11 is 3.23. The van der Waals surface area contributed by atoms with Gasteiger partial charge in [0, 0.05) is 19.7 Å². The third-order valence-electron chi connectivity index (χ3n) is 2.34. The van der Waals surface area contributed by atoms with Crippen LogP contribution in [0.4, 0.5) is 11.5 Å². The fraction of sp³-hybridized carbons (Fsp3) is 0.400. The number of halogens is 1. The predicted octanol–water partition coefficient (Wildman–Crippen LogP) is 1.56. The Morgan fingerprint density at radius 1 is 1.61 bits per heavy atom. The largest absolute Gasteiger partial charge is 0.360 e. The molecule has 0 atom stereocenters. The Kier molecular flexibility index (Phi) is 4.60. The Bertz CT molecular complexity index is 490. The molecular weight excluding hydrogens is 304 g/mol. The quantitative estimate of drug-likeness (QED) is 0.672. The standard InChI is InChI=1S/C10H13BrN4O3/c1-6-7(15(17)18)4-12-10(9(6)11)13-5-8(16)14(2)3/h4H,5H2,1-3H3,(H,12,13). The Hall–Kier alpha value is -1.70. The number of amides is 1. The van der Waals surface area contributed by atoms with Crippen LogP contribution in [0.3, 0.4) is 0 Å². The Morgan fingerprint density at radius 3 is 2.72 bits per heavy atom. The highest BCUT2D eigenvalue weighted by molar-refractivity contribution is 9.10. The Labute approximate surface area is 112 Å². The molecule has 0 unspecified atom stereocenters. The fourth-order valence-electron chi connectivity index (χ4n) is 1.19. The molecule has 18 heavy (non-hydrogen) atoms. The number of hydrogen-bond donors (Lipinski definition) is 1. The molecule has 0 bridgehead atoms. The molecule has 0 fully saturated rings. The number of rotatable bonds is 4. The number of hydrogen-bond acceptors (Lipinski definition) is 5. The van der Waals surface area contributed by atoms with E-state index in [1.807, 2.05) is 0 Å². The van der Waals surface area contributed by atoms with Crippen LogP contribution < -0.4 is 5.32 Å². The number of nitrogens with one attached hydrogen (secondary N) is 1. The molecule has 0 spiro atoms. The fourth-order valence-corrected chi connectivity index (χ4v) is 1.64. The van der Waals surface area contributed by atoms with Crippen LogP contribution in [0, 0.1) is 17.0 Å². The number of carbonyl (C=O) groups is 1. The van der Waals surface area contributed by atoms with E-state index in [9.17, 15) is 14.9 Å². The molecule has 1 amide bonds. The number of pyridine rings is 1. The van der Waals surface area contributed by atoms with Gasteiger partial charge in [-0.15, -0.1) is 0 Å². The smallest absolute Gasteiger partial charge is 0.291 e. The number of nitrogens with zero attached hydrogens (tertiary/aromatic N) is 3. The first-order chi connectivity index (χ1) is 8.34. The van der Waals surface area contributed by atoms with Crippen LogP contribution in [0.25, 0.3) is 0 Å². The van der Waals surface area contributed by atoms with E-state index in [1.165, 1.54) is 11.1 Å². The lowest BCUT2D eigenvalue weighted by atomic mass is 10.2. The summed E-state index contributed by atoms with van der Waals surface area (Å²) in [7, 11) is 3.29. The number of nitro groups is 1. The molecule has 1 rings (SSSR count). The maximum absolute atomic E-state index is 11.4. The van der Waals surface area contributed by atoms with Gasteiger partial charge in [0.15, 0.2) is 0 Å². The summed E-state index contributed by atoms with van der Waals surface area (Å²) in [4.78, 5) is 27.0. The van der Waals surface area contributed by atoms with Crippen LogP contribution in [0.1, 0.15) is 5.56 Å². The molecule has 0 aliphatic carbocycles. The van der Waals surface area contributed by atoms with E-state index in [0.29, 0.717) is 15.9 Å². The van der Waals surface area contributed by atoms with Gasteiger partial charge in [-0.2, -0.15) is 0 Å². The third kappa shape index (κ3) is 3.16. The zero-order valence-electron chi connectivity index (χ0n) is 10.2. The molecule has 98 valence electrons. The molecule has 0 saturated heterocycles. The van der Waals surface area contributed by atoms with E-state index in [2.05, 4.69) is 26.2 Å². The van der Waals surface area contributed by atoms with Gasteiger partial charge in [-0.3, -0.25) is 14.9 Å². The minimum atomic E-state index is -0.498. The Morgan fingerprint density at radius 2 is 2.22 bits per heavy atom. The highest BCUT2D eigenvalue weighted by atomic mass is 79.9. The van der Waals surface area contributed by atoms with E-state index < -0.39 is 4.92 Å². The second kappa shape index (κ2) is 5.76. The lowest BCUT2D eigenvalue weighted by Crippen LogP contribution is -2.28. The highest BCUT2D eigenvalue weighted by Crippen LogP contribution is 2.30. The van der Waals surface area contributed by atoms with Crippen molar-refractivity contribution in [3.8, 4) is 0 Å². The van der Waals surface area contributed by atoms with Crippen molar-refractivity contribution >= 4 is 33.3 Å². The van der Waals surface area contributed by atoms with Crippen molar-refractivity contribution in [2.45, 2.75) is 6.92 Å². The van der Waals surface area contributed by atoms with Crippen LogP contribution in [-0.2, 0) is 4.79 Å². The van der Waals surface area contributed by atoms with E-state index in [1.54, 1.807) is 21.0 Å². The monoisotopic (exact) mass is 316 g/mol. The topological polar surface area (TPSA) is 88.4 Å². The minimum Gasteiger partial charge on any atom is -0.360 e. The first-order valence-corrected chi connectivity index (χ1v) is 5.87. The average Bonchev–Trinajstić information content (AvgIpc) is 2.30. The van der Waals surface area contributed by atoms with Gasteiger partial charge < -0.3 is 10.2 Å². The first-order valence-electron chi connectivity index (χ1n) is 5.08. The lowest BCUT2D eigenvalue weighted by Gasteiger charge is -2.12. The van der Waals surface area contributed by atoms with Gasteiger partial charge in [-0.05, 0) is 22.9 Å². The molecule has 0 aromatic carbocycles. The summed E-state index contributed by atoms with van der Waals surface area (Å²) in [5.74, 6) is 0.299. The number of likely N-dealkylation sites (N-methyl/N-ethyl adjacent to an activating group) is 1. The van der Waals surface area contributed by atoms with E-state index in [4.69, 9.17) is 0 Å². The van der Waals surface area contributed by atoms with Crippen molar-refractivity contribution in [2.75, 3.05) is 26.0 Å². The van der Waals surface area contributed by atoms with Crippen molar-refractivity contribution in [1.29, 1.82) is 0 Å². The van der Waals surface area contributed by atoms with Crippen LogP contribution in [0.15, 0.2) is 10.7 Å². The molecule has 0 aliphatic rings. The maximum atomic E-state index is 11.4. The van der Waals surface area contributed by atoms with Crippen molar-refractivity contribution in [3.63, 3.8) is 0 Å². The summed E-state index contributed by atoms with van der Waals surface area (Å²) in [6.07, 6.45) is 1.17. The summed E-state index contributed by atoms with van der Waals surface area (Å²) in [5, 5.41) is 13.5. The second-order valence-corrected chi connectivity index (χ2v) is 4.62. The van der Waals surface area contributed by atoms with Gasteiger partial charge in [0.1, 0.15) is 12.0 Å². The van der Waals surface area contributed by atoms with E-state index in [0.717, 1.165) is 0 Å². The van der Waals surface area contributed by atoms with Gasteiger partial charge in [0.2, 0.25) is 5.91 Å². The number of carbonyl (C=O) groups excluding carboxylic acids is 1. The zero-order chi connectivity index (χ0) is 13.9. The second-order valence-electron chi connectivity index (χ2n) is 3.83.